The number of aromatic nitrogens is 1. The van der Waals surface area contributed by atoms with Gasteiger partial charge in [0.2, 0.25) is 5.91 Å². The fourth-order valence-corrected chi connectivity index (χ4v) is 5.26. The Balaban J connectivity index is 1.78. The summed E-state index contributed by atoms with van der Waals surface area (Å²) < 4.78 is -0.669. The van der Waals surface area contributed by atoms with Crippen molar-refractivity contribution in [1.29, 1.82) is 0 Å². The lowest BCUT2D eigenvalue weighted by Gasteiger charge is -2.43. The van der Waals surface area contributed by atoms with Crippen LogP contribution < -0.4 is 11.1 Å². The Morgan fingerprint density at radius 2 is 2.22 bits per heavy atom. The van der Waals surface area contributed by atoms with E-state index in [1.165, 1.54) is 16.7 Å². The minimum absolute atomic E-state index is 0.0897. The lowest BCUT2D eigenvalue weighted by molar-refractivity contribution is -0.160. The van der Waals surface area contributed by atoms with Gasteiger partial charge >= 0.3 is 5.97 Å². The van der Waals surface area contributed by atoms with Gasteiger partial charge in [-0.25, -0.2) is 9.78 Å². The molecule has 0 aliphatic carbocycles. The molecule has 2 saturated heterocycles. The summed E-state index contributed by atoms with van der Waals surface area (Å²) in [5.41, 5.74) is 5.77. The number of carboxylic acid groups (broad SMARTS) is 1. The largest absolute Gasteiger partial charge is 0.480 e. The number of β-lactam (4-membered cyclic amide) rings is 1. The summed E-state index contributed by atoms with van der Waals surface area (Å²) in [5.74, 6) is -2.14. The average Bonchev–Trinajstić information content (AvgIpc) is 3.12. The lowest BCUT2D eigenvalue weighted by Crippen LogP contribution is -2.71. The number of carbonyl (C=O) groups is 3. The van der Waals surface area contributed by atoms with Crippen LogP contribution >= 0.6 is 23.1 Å². The van der Waals surface area contributed by atoms with Gasteiger partial charge < -0.3 is 25.9 Å². The van der Waals surface area contributed by atoms with Crippen molar-refractivity contribution in [3.8, 4) is 0 Å². The van der Waals surface area contributed by atoms with E-state index in [1.54, 1.807) is 26.2 Å². The molecule has 0 unspecified atom stereocenters. The third kappa shape index (κ3) is 3.34. The maximum Gasteiger partial charge on any atom is 0.327 e. The van der Waals surface area contributed by atoms with Crippen LogP contribution in [0.2, 0.25) is 0 Å². The molecule has 0 spiro atoms. The average molecular weight is 413 g/mol. The molecule has 1 aromatic rings. The number of oxime groups is 1. The van der Waals surface area contributed by atoms with E-state index in [4.69, 9.17) is 10.6 Å². The number of nitrogen functional groups attached to an aromatic ring is 1. The number of nitrogens with zero attached hydrogens (tertiary/aromatic N) is 3. The molecule has 10 nitrogen and oxygen atoms in total. The highest BCUT2D eigenvalue weighted by molar-refractivity contribution is 8.01. The predicted octanol–water partition coefficient (Wildman–Crippen LogP) is 0.0976. The van der Waals surface area contributed by atoms with Crippen molar-refractivity contribution in [2.75, 3.05) is 12.3 Å². The van der Waals surface area contributed by atoms with Crippen LogP contribution in [-0.4, -0.2) is 67.3 Å². The number of rotatable bonds is 6. The Hall–Kier alpha value is -2.34. The van der Waals surface area contributed by atoms with Gasteiger partial charge in [-0.05, 0) is 20.8 Å². The molecule has 2 fully saturated rings. The Morgan fingerprint density at radius 1 is 1.52 bits per heavy atom. The van der Waals surface area contributed by atoms with Crippen molar-refractivity contribution < 1.29 is 24.3 Å². The van der Waals surface area contributed by atoms with Crippen LogP contribution in [0.15, 0.2) is 10.5 Å². The fraction of sp³-hybridized carbons (Fsp3) is 0.533. The van der Waals surface area contributed by atoms with E-state index in [-0.39, 0.29) is 23.1 Å². The highest BCUT2D eigenvalue weighted by Crippen LogP contribution is 2.50. The van der Waals surface area contributed by atoms with Gasteiger partial charge in [0, 0.05) is 10.1 Å². The molecule has 3 heterocycles. The molecular weight excluding hydrogens is 394 g/mol. The van der Waals surface area contributed by atoms with Crippen LogP contribution in [0.5, 0.6) is 0 Å². The van der Waals surface area contributed by atoms with Crippen LogP contribution in [0.4, 0.5) is 5.13 Å². The Morgan fingerprint density at radius 3 is 2.78 bits per heavy atom. The molecule has 0 aromatic carbocycles. The number of aliphatic carboxylic acids is 1. The number of thiazole rings is 1. The van der Waals surface area contributed by atoms with Crippen LogP contribution in [-0.2, 0) is 19.2 Å². The van der Waals surface area contributed by atoms with Crippen LogP contribution in [0.3, 0.4) is 0 Å². The third-order valence-corrected chi connectivity index (χ3v) is 6.47. The second-order valence-corrected chi connectivity index (χ2v) is 9.14. The molecule has 3 rings (SSSR count). The topological polar surface area (TPSA) is 147 Å². The van der Waals surface area contributed by atoms with Gasteiger partial charge in [-0.1, -0.05) is 5.16 Å². The summed E-state index contributed by atoms with van der Waals surface area (Å²) >= 11 is 2.49. The number of amides is 2. The Bertz CT molecular complexity index is 823. The van der Waals surface area contributed by atoms with Crippen molar-refractivity contribution in [3.63, 3.8) is 0 Å². The zero-order valence-electron chi connectivity index (χ0n) is 14.8. The second-order valence-electron chi connectivity index (χ2n) is 6.48. The molecular formula is C15H19N5O5S2. The smallest absolute Gasteiger partial charge is 0.327 e. The van der Waals surface area contributed by atoms with Gasteiger partial charge in [-0.2, -0.15) is 0 Å². The van der Waals surface area contributed by atoms with Gasteiger partial charge in [-0.3, -0.25) is 9.59 Å². The summed E-state index contributed by atoms with van der Waals surface area (Å²) in [7, 11) is 0. The molecule has 0 bridgehead atoms. The number of hydrogen-bond donors (Lipinski definition) is 3. The molecule has 2 aliphatic heterocycles. The SMILES string of the molecule is CCO/N=C(\C(=O)N[C@H]1C(=O)N2[C@@H]1SC(C)(C)[C@@H]2C(=O)O)c1csc(N)n1. The quantitative estimate of drug-likeness (QED) is 0.338. The summed E-state index contributed by atoms with van der Waals surface area (Å²) in [4.78, 5) is 47.0. The number of nitrogens with one attached hydrogen (secondary N) is 1. The van der Waals surface area contributed by atoms with Gasteiger partial charge in [0.15, 0.2) is 10.8 Å². The first-order valence-electron chi connectivity index (χ1n) is 8.12. The van der Waals surface area contributed by atoms with Crippen molar-refractivity contribution in [2.24, 2.45) is 5.16 Å². The Kier molecular flexibility index (Phi) is 5.04. The standard InChI is InChI=1S/C15H19N5O5S2/c1-4-25-19-7(6-5-26-14(16)17-6)10(21)18-8-11(22)20-9(13(23)24)15(2,3)27-12(8)20/h5,8-9,12H,4H2,1-3H3,(H2,16,17)(H,18,21)(H,23,24)/b19-7-/t8-,9-,12+/m0/s1. The zero-order valence-corrected chi connectivity index (χ0v) is 16.5. The van der Waals surface area contributed by atoms with Crippen molar-refractivity contribution >= 4 is 51.7 Å². The first-order valence-corrected chi connectivity index (χ1v) is 9.88. The van der Waals surface area contributed by atoms with Crippen molar-refractivity contribution in [3.05, 3.63) is 11.1 Å². The van der Waals surface area contributed by atoms with Crippen molar-refractivity contribution in [1.82, 2.24) is 15.2 Å². The summed E-state index contributed by atoms with van der Waals surface area (Å²) in [6.45, 7) is 5.49. The van der Waals surface area contributed by atoms with Crippen LogP contribution in [0.1, 0.15) is 26.5 Å². The number of carboxylic acids is 1. The Labute approximate surface area is 163 Å². The maximum absolute atomic E-state index is 12.7. The molecule has 12 heteroatoms. The zero-order chi connectivity index (χ0) is 19.9. The van der Waals surface area contributed by atoms with Gasteiger partial charge in [0.05, 0.1) is 0 Å². The van der Waals surface area contributed by atoms with Crippen molar-refractivity contribution in [2.45, 2.75) is 43.0 Å². The van der Waals surface area contributed by atoms with Gasteiger partial charge in [-0.15, -0.1) is 23.1 Å². The molecule has 2 aliphatic rings. The lowest BCUT2D eigenvalue weighted by atomic mass is 9.96. The minimum Gasteiger partial charge on any atom is -0.480 e. The van der Waals surface area contributed by atoms with E-state index >= 15 is 0 Å². The summed E-state index contributed by atoms with van der Waals surface area (Å²) in [6.07, 6.45) is 0. The maximum atomic E-state index is 12.7. The molecule has 0 saturated carbocycles. The number of thioether (sulfide) groups is 1. The molecule has 1 aromatic heterocycles. The number of anilines is 1. The van der Waals surface area contributed by atoms with Crippen LogP contribution in [0.25, 0.3) is 0 Å². The highest BCUT2D eigenvalue weighted by atomic mass is 32.2. The monoisotopic (exact) mass is 413 g/mol. The normalized spacial score (nSPS) is 26.3. The number of nitrogens with two attached hydrogens (primary N) is 1. The minimum atomic E-state index is -1.07. The van der Waals surface area contributed by atoms with E-state index < -0.39 is 40.0 Å². The summed E-state index contributed by atoms with van der Waals surface area (Å²) in [5, 5.41) is 17.2. The fourth-order valence-electron chi connectivity index (χ4n) is 3.09. The van der Waals surface area contributed by atoms with Crippen LogP contribution in [0, 0.1) is 0 Å². The highest BCUT2D eigenvalue weighted by Gasteiger charge is 2.64. The van der Waals surface area contributed by atoms with E-state index in [1.807, 2.05) is 0 Å². The number of fused-ring (bicyclic) bond motifs is 1. The molecule has 146 valence electrons. The van der Waals surface area contributed by atoms with E-state index in [2.05, 4.69) is 15.5 Å². The molecule has 0 radical (unpaired) electrons. The predicted molar refractivity (Wildman–Crippen MR) is 100 cm³/mol. The van der Waals surface area contributed by atoms with Gasteiger partial charge in [0.25, 0.3) is 5.91 Å². The third-order valence-electron chi connectivity index (χ3n) is 4.23. The summed E-state index contributed by atoms with van der Waals surface area (Å²) in [6, 6.07) is -1.78. The molecule has 2 amide bonds. The molecule has 4 N–H and O–H groups in total. The van der Waals surface area contributed by atoms with Gasteiger partial charge in [0.1, 0.15) is 29.8 Å². The van der Waals surface area contributed by atoms with E-state index in [0.29, 0.717) is 0 Å². The molecule has 3 atom stereocenters. The number of carbonyl (C=O) groups excluding carboxylic acids is 2. The second kappa shape index (κ2) is 7.00. The number of hydrogen-bond acceptors (Lipinski definition) is 9. The van der Waals surface area contributed by atoms with E-state index in [9.17, 15) is 19.5 Å². The first-order chi connectivity index (χ1) is 12.7. The molecule has 27 heavy (non-hydrogen) atoms. The van der Waals surface area contributed by atoms with E-state index in [0.717, 1.165) is 11.3 Å². The first kappa shape index (κ1) is 19.4.